The summed E-state index contributed by atoms with van der Waals surface area (Å²) in [4.78, 5) is 26.4. The summed E-state index contributed by atoms with van der Waals surface area (Å²) in [5.41, 5.74) is 3.45. The fourth-order valence-electron chi connectivity index (χ4n) is 3.53. The maximum Gasteiger partial charge on any atom is 0.237 e. The summed E-state index contributed by atoms with van der Waals surface area (Å²) in [7, 11) is 0. The number of rotatable bonds is 10. The molecule has 0 bridgehead atoms. The monoisotopic (exact) mass is 465 g/mol. The summed E-state index contributed by atoms with van der Waals surface area (Å²) >= 11 is 1.38. The Morgan fingerprint density at radius 3 is 2.18 bits per heavy atom. The molecule has 1 aromatic heterocycles. The lowest BCUT2D eigenvalue weighted by molar-refractivity contribution is -0.115. The largest absolute Gasteiger partial charge is 0.372 e. The number of benzene rings is 2. The lowest BCUT2D eigenvalue weighted by atomic mass is 10.1. The second-order valence-electron chi connectivity index (χ2n) is 7.65. The van der Waals surface area contributed by atoms with Crippen molar-refractivity contribution >= 4 is 34.8 Å². The summed E-state index contributed by atoms with van der Waals surface area (Å²) in [5.74, 6) is 0.652. The lowest BCUT2D eigenvalue weighted by Gasteiger charge is -2.21. The highest BCUT2D eigenvalue weighted by Gasteiger charge is 2.20. The molecule has 1 unspecified atom stereocenters. The zero-order valence-corrected chi connectivity index (χ0v) is 20.6. The molecular weight excluding hydrogens is 434 g/mol. The van der Waals surface area contributed by atoms with E-state index in [1.54, 1.807) is 24.3 Å². The number of hydrogen-bond acceptors (Lipinski definition) is 6. The van der Waals surface area contributed by atoms with Crippen LogP contribution >= 0.6 is 11.8 Å². The van der Waals surface area contributed by atoms with Gasteiger partial charge in [-0.2, -0.15) is 0 Å². The lowest BCUT2D eigenvalue weighted by Crippen LogP contribution is -2.23. The van der Waals surface area contributed by atoms with Crippen LogP contribution in [0.4, 0.5) is 11.4 Å². The van der Waals surface area contributed by atoms with Crippen molar-refractivity contribution in [2.75, 3.05) is 23.3 Å². The predicted molar refractivity (Wildman–Crippen MR) is 135 cm³/mol. The standard InChI is InChI=1S/C25H31N5O2S/c1-6-29(7-2)22-15-11-20(12-16-22)23-27-28-25(30(23)8-3)33-18(5)24(32)26-21-13-9-19(10-14-21)17(4)31/h9-16,18H,6-8H2,1-5H3,(H,26,32). The normalized spacial score (nSPS) is 11.8. The SMILES string of the molecule is CCN(CC)c1ccc(-c2nnc(SC(C)C(=O)Nc3ccc(C(C)=O)cc3)n2CC)cc1. The Kier molecular flexibility index (Phi) is 8.27. The molecule has 0 saturated heterocycles. The van der Waals surface area contributed by atoms with E-state index in [2.05, 4.69) is 58.5 Å². The Bertz CT molecular complexity index is 1090. The number of hydrogen-bond donors (Lipinski definition) is 1. The van der Waals surface area contributed by atoms with Crippen molar-refractivity contribution in [2.24, 2.45) is 0 Å². The molecular formula is C25H31N5O2S. The molecule has 3 aromatic rings. The number of aromatic nitrogens is 3. The summed E-state index contributed by atoms with van der Waals surface area (Å²) in [6, 6.07) is 15.2. The number of ketones is 1. The van der Waals surface area contributed by atoms with Crippen LogP contribution in [0, 0.1) is 0 Å². The molecule has 1 heterocycles. The van der Waals surface area contributed by atoms with E-state index in [4.69, 9.17) is 0 Å². The molecule has 0 aliphatic carbocycles. The molecule has 0 radical (unpaired) electrons. The van der Waals surface area contributed by atoms with Gasteiger partial charge in [0, 0.05) is 42.1 Å². The molecule has 0 saturated carbocycles. The Balaban J connectivity index is 1.71. The van der Waals surface area contributed by atoms with Crippen molar-refractivity contribution in [3.8, 4) is 11.4 Å². The molecule has 8 heteroatoms. The molecule has 1 atom stereocenters. The molecule has 1 amide bonds. The van der Waals surface area contributed by atoms with Gasteiger partial charge in [-0.3, -0.25) is 9.59 Å². The van der Waals surface area contributed by atoms with Gasteiger partial charge < -0.3 is 14.8 Å². The van der Waals surface area contributed by atoms with Crippen LogP contribution in [-0.2, 0) is 11.3 Å². The van der Waals surface area contributed by atoms with E-state index in [0.29, 0.717) is 23.0 Å². The minimum Gasteiger partial charge on any atom is -0.372 e. The molecule has 1 N–H and O–H groups in total. The second kappa shape index (κ2) is 11.1. The maximum absolute atomic E-state index is 12.7. The van der Waals surface area contributed by atoms with Gasteiger partial charge in [-0.05, 0) is 83.1 Å². The van der Waals surface area contributed by atoms with Gasteiger partial charge in [-0.1, -0.05) is 11.8 Å². The molecule has 0 aliphatic heterocycles. The van der Waals surface area contributed by atoms with Crippen molar-refractivity contribution in [1.29, 1.82) is 0 Å². The summed E-state index contributed by atoms with van der Waals surface area (Å²) in [6.45, 7) is 12.3. The Morgan fingerprint density at radius 2 is 1.64 bits per heavy atom. The first-order valence-corrected chi connectivity index (χ1v) is 12.1. The van der Waals surface area contributed by atoms with Crippen LogP contribution in [0.2, 0.25) is 0 Å². The van der Waals surface area contributed by atoms with E-state index < -0.39 is 0 Å². The van der Waals surface area contributed by atoms with Crippen molar-refractivity contribution in [2.45, 2.75) is 51.6 Å². The first kappa shape index (κ1) is 24.5. The van der Waals surface area contributed by atoms with Gasteiger partial charge in [0.1, 0.15) is 0 Å². The fourth-order valence-corrected chi connectivity index (χ4v) is 4.44. The van der Waals surface area contributed by atoms with Gasteiger partial charge in [0.25, 0.3) is 0 Å². The number of thioether (sulfide) groups is 1. The van der Waals surface area contributed by atoms with Crippen LogP contribution in [-0.4, -0.2) is 44.8 Å². The van der Waals surface area contributed by atoms with E-state index in [1.165, 1.54) is 24.4 Å². The number of carbonyl (C=O) groups is 2. The second-order valence-corrected chi connectivity index (χ2v) is 8.96. The summed E-state index contributed by atoms with van der Waals surface area (Å²) < 4.78 is 2.03. The summed E-state index contributed by atoms with van der Waals surface area (Å²) in [6.07, 6.45) is 0. The third-order valence-corrected chi connectivity index (χ3v) is 6.58. The smallest absolute Gasteiger partial charge is 0.237 e. The van der Waals surface area contributed by atoms with Crippen molar-refractivity contribution in [3.63, 3.8) is 0 Å². The molecule has 2 aromatic carbocycles. The van der Waals surface area contributed by atoms with Gasteiger partial charge in [0.15, 0.2) is 16.8 Å². The van der Waals surface area contributed by atoms with Crippen molar-refractivity contribution < 1.29 is 9.59 Å². The summed E-state index contributed by atoms with van der Waals surface area (Å²) in [5, 5.41) is 12.0. The average molecular weight is 466 g/mol. The topological polar surface area (TPSA) is 80.1 Å². The number of nitrogens with zero attached hydrogens (tertiary/aromatic N) is 4. The minimum absolute atomic E-state index is 0.00537. The third-order valence-electron chi connectivity index (χ3n) is 5.50. The first-order chi connectivity index (χ1) is 15.9. The van der Waals surface area contributed by atoms with Gasteiger partial charge in [-0.15, -0.1) is 10.2 Å². The molecule has 0 spiro atoms. The van der Waals surface area contributed by atoms with E-state index in [9.17, 15) is 9.59 Å². The quantitative estimate of drug-likeness (QED) is 0.330. The molecule has 0 aliphatic rings. The highest BCUT2D eigenvalue weighted by molar-refractivity contribution is 8.00. The number of nitrogens with one attached hydrogen (secondary N) is 1. The minimum atomic E-state index is -0.370. The van der Waals surface area contributed by atoms with Crippen LogP contribution in [0.5, 0.6) is 0 Å². The number of carbonyl (C=O) groups excluding carboxylic acids is 2. The van der Waals surface area contributed by atoms with E-state index in [-0.39, 0.29) is 16.9 Å². The Morgan fingerprint density at radius 1 is 1.00 bits per heavy atom. The van der Waals surface area contributed by atoms with E-state index in [1.807, 2.05) is 18.4 Å². The van der Waals surface area contributed by atoms with Crippen LogP contribution in [0.25, 0.3) is 11.4 Å². The van der Waals surface area contributed by atoms with Crippen molar-refractivity contribution in [1.82, 2.24) is 14.8 Å². The fraction of sp³-hybridized carbons (Fsp3) is 0.360. The van der Waals surface area contributed by atoms with Gasteiger partial charge >= 0.3 is 0 Å². The number of amides is 1. The molecule has 3 rings (SSSR count). The maximum atomic E-state index is 12.7. The zero-order valence-electron chi connectivity index (χ0n) is 19.8. The third kappa shape index (κ3) is 5.82. The van der Waals surface area contributed by atoms with E-state index in [0.717, 1.165) is 24.5 Å². The van der Waals surface area contributed by atoms with Crippen LogP contribution in [0.1, 0.15) is 45.0 Å². The van der Waals surface area contributed by atoms with Gasteiger partial charge in [0.2, 0.25) is 5.91 Å². The van der Waals surface area contributed by atoms with E-state index >= 15 is 0 Å². The van der Waals surface area contributed by atoms with Crippen LogP contribution in [0.15, 0.2) is 53.7 Å². The number of anilines is 2. The number of Topliss-reactive ketones (excluding diaryl/α,β-unsaturated/α-hetero) is 1. The van der Waals surface area contributed by atoms with Crippen LogP contribution in [0.3, 0.4) is 0 Å². The van der Waals surface area contributed by atoms with Gasteiger partial charge in [-0.25, -0.2) is 0 Å². The molecule has 0 fully saturated rings. The van der Waals surface area contributed by atoms with Gasteiger partial charge in [0.05, 0.1) is 5.25 Å². The average Bonchev–Trinajstić information content (AvgIpc) is 3.23. The molecule has 33 heavy (non-hydrogen) atoms. The van der Waals surface area contributed by atoms with Crippen molar-refractivity contribution in [3.05, 3.63) is 54.1 Å². The predicted octanol–water partition coefficient (Wildman–Crippen LogP) is 5.13. The molecule has 7 nitrogen and oxygen atoms in total. The van der Waals surface area contributed by atoms with Crippen LogP contribution < -0.4 is 10.2 Å². The zero-order chi connectivity index (χ0) is 24.0. The Hall–Kier alpha value is -3.13. The first-order valence-electron chi connectivity index (χ1n) is 11.2. The Labute approximate surface area is 199 Å². The highest BCUT2D eigenvalue weighted by Crippen LogP contribution is 2.28. The molecule has 174 valence electrons. The highest BCUT2D eigenvalue weighted by atomic mass is 32.2.